The van der Waals surface area contributed by atoms with Crippen LogP contribution in [0.25, 0.3) is 0 Å². The normalized spacial score (nSPS) is 9.94. The number of carbonyl (C=O) groups is 2. The van der Waals surface area contributed by atoms with Gasteiger partial charge in [-0.1, -0.05) is 0 Å². The second kappa shape index (κ2) is 12.3. The van der Waals surface area contributed by atoms with Gasteiger partial charge in [0.2, 0.25) is 0 Å². The summed E-state index contributed by atoms with van der Waals surface area (Å²) < 4.78 is 9.64. The van der Waals surface area contributed by atoms with Gasteiger partial charge in [-0.3, -0.25) is 9.59 Å². The number of hydrogen-bond donors (Lipinski definition) is 2. The Kier molecular flexibility index (Phi) is 13.1. The molecule has 2 N–H and O–H groups in total. The second-order valence-electron chi connectivity index (χ2n) is 4.07. The molecular weight excluding hydrogens is 240 g/mol. The Bertz CT molecular complexity index is 219. The number of carbonyl (C=O) groups excluding carboxylic acids is 1. The monoisotopic (exact) mass is 264 g/mol. The van der Waals surface area contributed by atoms with Crippen molar-refractivity contribution in [1.29, 1.82) is 0 Å². The lowest BCUT2D eigenvalue weighted by molar-refractivity contribution is -0.148. The van der Waals surface area contributed by atoms with E-state index in [4.69, 9.17) is 14.9 Å². The molecule has 0 fully saturated rings. The molecule has 6 heteroatoms. The number of ether oxygens (including phenoxy) is 2. The van der Waals surface area contributed by atoms with Gasteiger partial charge in [-0.15, -0.1) is 0 Å². The molecule has 6 nitrogen and oxygen atoms in total. The van der Waals surface area contributed by atoms with Crippen LogP contribution < -0.4 is 0 Å². The topological polar surface area (TPSA) is 93.1 Å². The van der Waals surface area contributed by atoms with Gasteiger partial charge in [-0.2, -0.15) is 0 Å². The van der Waals surface area contributed by atoms with Crippen LogP contribution in [0, 0.1) is 0 Å². The van der Waals surface area contributed by atoms with E-state index in [-0.39, 0.29) is 26.1 Å². The van der Waals surface area contributed by atoms with Crippen molar-refractivity contribution in [2.24, 2.45) is 0 Å². The van der Waals surface area contributed by atoms with Gasteiger partial charge < -0.3 is 19.7 Å². The van der Waals surface area contributed by atoms with E-state index < -0.39 is 11.9 Å². The van der Waals surface area contributed by atoms with Crippen LogP contribution >= 0.6 is 0 Å². The highest BCUT2D eigenvalue weighted by atomic mass is 16.5. The molecule has 0 aromatic carbocycles. The quantitative estimate of drug-likeness (QED) is 0.671. The fraction of sp³-hybridized carbons (Fsp3) is 0.833. The van der Waals surface area contributed by atoms with Crippen LogP contribution in [-0.2, 0) is 19.1 Å². The molecule has 0 heterocycles. The molecule has 18 heavy (non-hydrogen) atoms. The summed E-state index contributed by atoms with van der Waals surface area (Å²) in [6.07, 6.45) is 0.375. The summed E-state index contributed by atoms with van der Waals surface area (Å²) >= 11 is 0. The van der Waals surface area contributed by atoms with Gasteiger partial charge in [0.25, 0.3) is 0 Å². The highest BCUT2D eigenvalue weighted by molar-refractivity contribution is 5.76. The first kappa shape index (κ1) is 19.2. The van der Waals surface area contributed by atoms with Crippen molar-refractivity contribution in [2.75, 3.05) is 13.2 Å². The van der Waals surface area contributed by atoms with Gasteiger partial charge in [0.1, 0.15) is 6.61 Å². The minimum Gasteiger partial charge on any atom is -0.481 e. The van der Waals surface area contributed by atoms with Gasteiger partial charge in [0, 0.05) is 0 Å². The Labute approximate surface area is 108 Å². The summed E-state index contributed by atoms with van der Waals surface area (Å²) in [5.41, 5.74) is 0. The summed E-state index contributed by atoms with van der Waals surface area (Å²) in [4.78, 5) is 20.4. The minimum absolute atomic E-state index is 0.0710. The Morgan fingerprint density at radius 1 is 1.06 bits per heavy atom. The maximum Gasteiger partial charge on any atom is 0.306 e. The van der Waals surface area contributed by atoms with Crippen LogP contribution in [-0.4, -0.2) is 47.6 Å². The number of rotatable bonds is 7. The lowest BCUT2D eigenvalue weighted by atomic mass is 10.3. The summed E-state index contributed by atoms with van der Waals surface area (Å²) in [6.45, 7) is 7.86. The van der Waals surface area contributed by atoms with Crippen molar-refractivity contribution in [3.8, 4) is 0 Å². The third-order valence-electron chi connectivity index (χ3n) is 1.44. The zero-order valence-corrected chi connectivity index (χ0v) is 11.5. The van der Waals surface area contributed by atoms with E-state index >= 15 is 0 Å². The smallest absolute Gasteiger partial charge is 0.306 e. The van der Waals surface area contributed by atoms with Gasteiger partial charge in [0.15, 0.2) is 0 Å². The van der Waals surface area contributed by atoms with Crippen LogP contribution in [0.1, 0.15) is 40.5 Å². The predicted molar refractivity (Wildman–Crippen MR) is 66.3 cm³/mol. The molecule has 0 saturated carbocycles. The number of carboxylic acids is 1. The Morgan fingerprint density at radius 2 is 1.56 bits per heavy atom. The first-order valence-corrected chi connectivity index (χ1v) is 5.93. The van der Waals surface area contributed by atoms with E-state index in [1.54, 1.807) is 0 Å². The van der Waals surface area contributed by atoms with Crippen LogP contribution in [0.15, 0.2) is 0 Å². The van der Waals surface area contributed by atoms with Gasteiger partial charge in [0.05, 0.1) is 31.7 Å². The van der Waals surface area contributed by atoms with Crippen molar-refractivity contribution < 1.29 is 29.3 Å². The van der Waals surface area contributed by atoms with Crippen molar-refractivity contribution in [2.45, 2.75) is 52.7 Å². The predicted octanol–water partition coefficient (Wildman–Crippen LogP) is 1.21. The van der Waals surface area contributed by atoms with E-state index in [2.05, 4.69) is 4.74 Å². The van der Waals surface area contributed by atoms with E-state index in [0.29, 0.717) is 12.2 Å². The maximum absolute atomic E-state index is 10.5. The number of aliphatic carboxylic acids is 1. The molecule has 0 rings (SSSR count). The molecule has 0 aromatic heterocycles. The molecule has 0 radical (unpaired) electrons. The number of esters is 1. The van der Waals surface area contributed by atoms with Crippen molar-refractivity contribution in [1.82, 2.24) is 0 Å². The molecule has 108 valence electrons. The van der Waals surface area contributed by atoms with E-state index in [1.807, 2.05) is 27.7 Å². The summed E-state index contributed by atoms with van der Waals surface area (Å²) in [5, 5.41) is 16.3. The fourth-order valence-corrected chi connectivity index (χ4v) is 0.985. The average Bonchev–Trinajstić information content (AvgIpc) is 2.22. The van der Waals surface area contributed by atoms with E-state index in [9.17, 15) is 9.59 Å². The molecule has 0 unspecified atom stereocenters. The number of aliphatic hydroxyl groups is 1. The zero-order valence-electron chi connectivity index (χ0n) is 11.5. The van der Waals surface area contributed by atoms with Crippen LogP contribution in [0.3, 0.4) is 0 Å². The fourth-order valence-electron chi connectivity index (χ4n) is 0.985. The number of carboxylic acid groups (broad SMARTS) is 1. The second-order valence-corrected chi connectivity index (χ2v) is 4.07. The van der Waals surface area contributed by atoms with E-state index in [1.165, 1.54) is 0 Å². The van der Waals surface area contributed by atoms with Crippen molar-refractivity contribution in [3.05, 3.63) is 0 Å². The molecule has 0 amide bonds. The molecule has 0 aliphatic rings. The Hall–Kier alpha value is -1.14. The van der Waals surface area contributed by atoms with Gasteiger partial charge in [-0.05, 0) is 27.7 Å². The average molecular weight is 264 g/mol. The molecule has 0 atom stereocenters. The van der Waals surface area contributed by atoms with Crippen LogP contribution in [0.4, 0.5) is 0 Å². The highest BCUT2D eigenvalue weighted by Gasteiger charge is 2.05. The third kappa shape index (κ3) is 20.3. The number of aliphatic hydroxyl groups excluding tert-OH is 1. The van der Waals surface area contributed by atoms with Crippen LogP contribution in [0.2, 0.25) is 0 Å². The zero-order chi connectivity index (χ0) is 14.6. The molecule has 0 saturated heterocycles. The lowest BCUT2D eigenvalue weighted by Crippen LogP contribution is -2.10. The number of hydrogen-bond acceptors (Lipinski definition) is 5. The molecule has 0 bridgehead atoms. The standard InChI is InChI=1S/C6H10O5.C6H14O/c7-3-4-11-6(10)2-1-5(8)9;1-5(2)7-6(3)4/h7H,1-4H2,(H,8,9);5-6H,1-4H3. The van der Waals surface area contributed by atoms with Crippen molar-refractivity contribution >= 4 is 11.9 Å². The largest absolute Gasteiger partial charge is 0.481 e. The molecule has 0 aromatic rings. The van der Waals surface area contributed by atoms with Crippen LogP contribution in [0.5, 0.6) is 0 Å². The van der Waals surface area contributed by atoms with E-state index in [0.717, 1.165) is 0 Å². The minimum atomic E-state index is -1.04. The van der Waals surface area contributed by atoms with Gasteiger partial charge in [-0.25, -0.2) is 0 Å². The summed E-state index contributed by atoms with van der Waals surface area (Å²) in [5.74, 6) is -1.63. The first-order chi connectivity index (χ1) is 8.29. The molecule has 0 aliphatic heterocycles. The summed E-state index contributed by atoms with van der Waals surface area (Å²) in [6, 6.07) is 0. The highest BCUT2D eigenvalue weighted by Crippen LogP contribution is 1.93. The third-order valence-corrected chi connectivity index (χ3v) is 1.44. The molecule has 0 aliphatic carbocycles. The maximum atomic E-state index is 10.5. The summed E-state index contributed by atoms with van der Waals surface area (Å²) in [7, 11) is 0. The molecule has 0 spiro atoms. The van der Waals surface area contributed by atoms with Crippen molar-refractivity contribution in [3.63, 3.8) is 0 Å². The Balaban J connectivity index is 0. The van der Waals surface area contributed by atoms with Gasteiger partial charge >= 0.3 is 11.9 Å². The lowest BCUT2D eigenvalue weighted by Gasteiger charge is -2.09. The first-order valence-electron chi connectivity index (χ1n) is 5.93. The SMILES string of the molecule is CC(C)OC(C)C.O=C(O)CCC(=O)OCCO. The molecular formula is C12H24O6. The Morgan fingerprint density at radius 3 is 1.83 bits per heavy atom.